The van der Waals surface area contributed by atoms with Crippen LogP contribution in [0.15, 0.2) is 17.1 Å². The predicted molar refractivity (Wildman–Crippen MR) is 95.7 cm³/mol. The van der Waals surface area contributed by atoms with Crippen molar-refractivity contribution in [3.8, 4) is 0 Å². The summed E-state index contributed by atoms with van der Waals surface area (Å²) in [4.78, 5) is 23.8. The van der Waals surface area contributed by atoms with Crippen molar-refractivity contribution >= 4 is 28.2 Å². The molecule has 0 saturated heterocycles. The van der Waals surface area contributed by atoms with Crippen LogP contribution in [0.3, 0.4) is 0 Å². The summed E-state index contributed by atoms with van der Waals surface area (Å²) in [5.74, 6) is -1.91. The molecule has 0 amide bonds. The number of nitrogen functional groups attached to an aromatic ring is 1. The number of carboxylic acids is 1. The monoisotopic (exact) mass is 347 g/mol. The van der Waals surface area contributed by atoms with Gasteiger partial charge in [-0.3, -0.25) is 4.79 Å². The lowest BCUT2D eigenvalue weighted by atomic mass is 9.95. The number of carboxylic acid groups (broad SMARTS) is 1. The molecule has 0 atom stereocenters. The van der Waals surface area contributed by atoms with E-state index < -0.39 is 22.8 Å². The van der Waals surface area contributed by atoms with Crippen LogP contribution in [0, 0.1) is 5.82 Å². The van der Waals surface area contributed by atoms with E-state index in [4.69, 9.17) is 5.73 Å². The Balaban J connectivity index is 2.20. The summed E-state index contributed by atoms with van der Waals surface area (Å²) in [5, 5.41) is 12.3. The number of anilines is 2. The van der Waals surface area contributed by atoms with Gasteiger partial charge in [-0.2, -0.15) is 0 Å². The number of hydrogen-bond donors (Lipinski definition) is 3. The molecule has 1 fully saturated rings. The van der Waals surface area contributed by atoms with Gasteiger partial charge in [-0.25, -0.2) is 9.18 Å². The molecule has 0 radical (unpaired) electrons. The number of halogens is 1. The van der Waals surface area contributed by atoms with Crippen molar-refractivity contribution in [3.05, 3.63) is 33.9 Å². The van der Waals surface area contributed by atoms with Crippen LogP contribution in [0.2, 0.25) is 0 Å². The Morgan fingerprint density at radius 1 is 1.40 bits per heavy atom. The molecular weight excluding hydrogens is 325 g/mol. The Kier molecular flexibility index (Phi) is 4.65. The van der Waals surface area contributed by atoms with E-state index in [-0.39, 0.29) is 28.3 Å². The number of aryl methyl sites for hydroxylation is 1. The van der Waals surface area contributed by atoms with Gasteiger partial charge in [-0.05, 0) is 25.8 Å². The number of pyridine rings is 1. The van der Waals surface area contributed by atoms with Crippen LogP contribution in [0.4, 0.5) is 15.8 Å². The molecule has 1 aromatic heterocycles. The third kappa shape index (κ3) is 3.06. The highest BCUT2D eigenvalue weighted by atomic mass is 19.1. The third-order valence-corrected chi connectivity index (χ3v) is 4.85. The average molecular weight is 347 g/mol. The lowest BCUT2D eigenvalue weighted by molar-refractivity contribution is 0.0695. The Morgan fingerprint density at radius 3 is 2.68 bits per heavy atom. The number of benzene rings is 1. The summed E-state index contributed by atoms with van der Waals surface area (Å²) in [5.41, 5.74) is 5.25. The SMILES string of the molecule is CCn1cc(C(=O)O)c(=O)c2c(N)cc(NC3CCCCC3)c(F)c21. The van der Waals surface area contributed by atoms with E-state index >= 15 is 4.39 Å². The van der Waals surface area contributed by atoms with Gasteiger partial charge >= 0.3 is 5.97 Å². The highest BCUT2D eigenvalue weighted by molar-refractivity contribution is 5.99. The first-order chi connectivity index (χ1) is 11.9. The maximum atomic E-state index is 15.1. The molecule has 0 bridgehead atoms. The third-order valence-electron chi connectivity index (χ3n) is 4.85. The number of aromatic carboxylic acids is 1. The minimum Gasteiger partial charge on any atom is -0.477 e. The van der Waals surface area contributed by atoms with Crippen molar-refractivity contribution in [2.75, 3.05) is 11.1 Å². The van der Waals surface area contributed by atoms with Crippen LogP contribution in [-0.2, 0) is 6.54 Å². The molecule has 3 rings (SSSR count). The van der Waals surface area contributed by atoms with E-state index in [1.807, 2.05) is 0 Å². The van der Waals surface area contributed by atoms with Gasteiger partial charge in [-0.15, -0.1) is 0 Å². The molecule has 1 aliphatic carbocycles. The zero-order valence-electron chi connectivity index (χ0n) is 14.1. The first kappa shape index (κ1) is 17.3. The summed E-state index contributed by atoms with van der Waals surface area (Å²) >= 11 is 0. The predicted octanol–water partition coefficient (Wildman–Crippen LogP) is 3.19. The summed E-state index contributed by atoms with van der Waals surface area (Å²) in [7, 11) is 0. The molecule has 1 aromatic carbocycles. The Labute approximate surface area is 144 Å². The van der Waals surface area contributed by atoms with E-state index in [0.29, 0.717) is 6.54 Å². The van der Waals surface area contributed by atoms with Crippen LogP contribution in [0.25, 0.3) is 10.9 Å². The van der Waals surface area contributed by atoms with Gasteiger partial charge in [0.2, 0.25) is 5.43 Å². The lowest BCUT2D eigenvalue weighted by Gasteiger charge is -2.25. The van der Waals surface area contributed by atoms with Gasteiger partial charge in [0.1, 0.15) is 5.56 Å². The topological polar surface area (TPSA) is 97.4 Å². The van der Waals surface area contributed by atoms with E-state index in [0.717, 1.165) is 25.7 Å². The van der Waals surface area contributed by atoms with Crippen LogP contribution < -0.4 is 16.5 Å². The second kappa shape index (κ2) is 6.74. The van der Waals surface area contributed by atoms with Gasteiger partial charge in [0.15, 0.2) is 5.82 Å². The largest absolute Gasteiger partial charge is 0.477 e. The number of nitrogens with zero attached hydrogens (tertiary/aromatic N) is 1. The highest BCUT2D eigenvalue weighted by Crippen LogP contribution is 2.31. The van der Waals surface area contributed by atoms with Crippen LogP contribution in [-0.4, -0.2) is 21.7 Å². The number of rotatable bonds is 4. The minimum absolute atomic E-state index is 0.0517. The summed E-state index contributed by atoms with van der Waals surface area (Å²) in [6.45, 7) is 2.08. The smallest absolute Gasteiger partial charge is 0.341 e. The van der Waals surface area contributed by atoms with Gasteiger partial charge in [-0.1, -0.05) is 19.3 Å². The molecule has 0 spiro atoms. The van der Waals surface area contributed by atoms with Gasteiger partial charge in [0.05, 0.1) is 16.6 Å². The molecule has 1 heterocycles. The molecule has 134 valence electrons. The molecule has 2 aromatic rings. The normalized spacial score (nSPS) is 15.4. The van der Waals surface area contributed by atoms with E-state index in [9.17, 15) is 14.7 Å². The number of aromatic nitrogens is 1. The maximum absolute atomic E-state index is 15.1. The molecule has 25 heavy (non-hydrogen) atoms. The fourth-order valence-electron chi connectivity index (χ4n) is 3.56. The first-order valence-corrected chi connectivity index (χ1v) is 8.59. The first-order valence-electron chi connectivity index (χ1n) is 8.59. The van der Waals surface area contributed by atoms with Gasteiger partial charge < -0.3 is 20.7 Å². The van der Waals surface area contributed by atoms with E-state index in [1.165, 1.54) is 23.3 Å². The van der Waals surface area contributed by atoms with Crippen molar-refractivity contribution in [1.29, 1.82) is 0 Å². The molecule has 7 heteroatoms. The summed E-state index contributed by atoms with van der Waals surface area (Å²) in [6.07, 6.45) is 6.51. The standard InChI is InChI=1S/C18H22FN3O3/c1-2-22-9-11(18(24)25)17(23)14-12(20)8-13(15(19)16(14)22)21-10-6-4-3-5-7-10/h8-10,21H,2-7,20H2,1H3,(H,24,25). The van der Waals surface area contributed by atoms with Gasteiger partial charge in [0.25, 0.3) is 0 Å². The molecule has 0 unspecified atom stereocenters. The molecule has 1 saturated carbocycles. The quantitative estimate of drug-likeness (QED) is 0.738. The number of nitrogens with two attached hydrogens (primary N) is 1. The molecule has 6 nitrogen and oxygen atoms in total. The fourth-order valence-corrected chi connectivity index (χ4v) is 3.56. The summed E-state index contributed by atoms with van der Waals surface area (Å²) < 4.78 is 16.6. The fraction of sp³-hybridized carbons (Fsp3) is 0.444. The second-order valence-corrected chi connectivity index (χ2v) is 6.49. The van der Waals surface area contributed by atoms with Crippen molar-refractivity contribution in [1.82, 2.24) is 4.57 Å². The minimum atomic E-state index is -1.35. The number of hydrogen-bond acceptors (Lipinski definition) is 4. The number of carbonyl (C=O) groups is 1. The van der Waals surface area contributed by atoms with Crippen LogP contribution in [0.1, 0.15) is 49.4 Å². The molecule has 0 aliphatic heterocycles. The Bertz CT molecular complexity index is 885. The number of fused-ring (bicyclic) bond motifs is 1. The average Bonchev–Trinajstić information content (AvgIpc) is 2.59. The zero-order valence-corrected chi connectivity index (χ0v) is 14.1. The van der Waals surface area contributed by atoms with E-state index in [1.54, 1.807) is 6.92 Å². The number of nitrogens with one attached hydrogen (secondary N) is 1. The summed E-state index contributed by atoms with van der Waals surface area (Å²) in [6, 6.07) is 1.58. The molecule has 1 aliphatic rings. The Morgan fingerprint density at radius 2 is 2.08 bits per heavy atom. The lowest BCUT2D eigenvalue weighted by Crippen LogP contribution is -2.24. The van der Waals surface area contributed by atoms with Crippen LogP contribution in [0.5, 0.6) is 0 Å². The van der Waals surface area contributed by atoms with E-state index in [2.05, 4.69) is 5.32 Å². The Hall–Kier alpha value is -2.57. The van der Waals surface area contributed by atoms with Crippen LogP contribution >= 0.6 is 0 Å². The zero-order chi connectivity index (χ0) is 18.1. The molecule has 4 N–H and O–H groups in total. The van der Waals surface area contributed by atoms with Crippen molar-refractivity contribution in [3.63, 3.8) is 0 Å². The van der Waals surface area contributed by atoms with Crippen molar-refractivity contribution in [2.24, 2.45) is 0 Å². The van der Waals surface area contributed by atoms with Crippen molar-refractivity contribution in [2.45, 2.75) is 51.6 Å². The molecular formula is C18H22FN3O3. The van der Waals surface area contributed by atoms with Gasteiger partial charge in [0, 0.05) is 24.5 Å². The highest BCUT2D eigenvalue weighted by Gasteiger charge is 2.22. The van der Waals surface area contributed by atoms with Crippen molar-refractivity contribution < 1.29 is 14.3 Å². The second-order valence-electron chi connectivity index (χ2n) is 6.49. The maximum Gasteiger partial charge on any atom is 0.341 e.